The van der Waals surface area contributed by atoms with Crippen LogP contribution in [0.4, 0.5) is 5.95 Å². The summed E-state index contributed by atoms with van der Waals surface area (Å²) in [4.78, 5) is 11.3. The topological polar surface area (TPSA) is 60.0 Å². The lowest BCUT2D eigenvalue weighted by Crippen LogP contribution is -2.25. The van der Waals surface area contributed by atoms with E-state index in [0.717, 1.165) is 36.0 Å². The molecule has 0 amide bonds. The number of pyridine rings is 1. The van der Waals surface area contributed by atoms with Gasteiger partial charge in [-0.15, -0.1) is 0 Å². The minimum absolute atomic E-state index is 0.562. The summed E-state index contributed by atoms with van der Waals surface area (Å²) in [6.45, 7) is 3.84. The van der Waals surface area contributed by atoms with E-state index in [0.29, 0.717) is 5.95 Å². The van der Waals surface area contributed by atoms with Gasteiger partial charge in [0.1, 0.15) is 5.52 Å². The fourth-order valence-corrected chi connectivity index (χ4v) is 2.29. The predicted octanol–water partition coefficient (Wildman–Crippen LogP) is 1.42. The first-order valence-corrected chi connectivity index (χ1v) is 6.45. The van der Waals surface area contributed by atoms with Crippen LogP contribution in [0.5, 0.6) is 0 Å². The molecule has 0 bridgehead atoms. The van der Waals surface area contributed by atoms with Crippen LogP contribution in [0.2, 0.25) is 0 Å². The van der Waals surface area contributed by atoms with Gasteiger partial charge in [0, 0.05) is 24.8 Å². The summed E-state index contributed by atoms with van der Waals surface area (Å²) in [6, 6.07) is 4.72. The average molecular weight is 245 g/mol. The normalized spacial score (nSPS) is 15.7. The Morgan fingerprint density at radius 1 is 1.39 bits per heavy atom. The smallest absolute Gasteiger partial charge is 0.202 e. The zero-order valence-corrected chi connectivity index (χ0v) is 10.9. The Kier molecular flexibility index (Phi) is 2.70. The Morgan fingerprint density at radius 2 is 2.17 bits per heavy atom. The standard InChI is InChI=1S/C13H19N5/c1-9-3-6-11-12(15-9)18(13(14)16-11)8-7-17(2)10-4-5-10/h3,6,10H,4-5,7-8H2,1-2H3,(H2,14,16). The number of hydrogen-bond donors (Lipinski definition) is 1. The number of nitrogens with zero attached hydrogens (tertiary/aromatic N) is 4. The molecule has 0 saturated heterocycles. The molecule has 0 aliphatic heterocycles. The summed E-state index contributed by atoms with van der Waals surface area (Å²) in [6.07, 6.45) is 2.65. The second-order valence-electron chi connectivity index (χ2n) is 5.13. The zero-order valence-electron chi connectivity index (χ0n) is 10.9. The van der Waals surface area contributed by atoms with Crippen LogP contribution in [0.15, 0.2) is 12.1 Å². The molecule has 1 aliphatic rings. The summed E-state index contributed by atoms with van der Waals surface area (Å²) in [5, 5.41) is 0. The third kappa shape index (κ3) is 2.06. The molecule has 18 heavy (non-hydrogen) atoms. The number of likely N-dealkylation sites (N-methyl/N-ethyl adjacent to an activating group) is 1. The maximum atomic E-state index is 5.97. The first-order valence-electron chi connectivity index (χ1n) is 6.45. The van der Waals surface area contributed by atoms with Crippen LogP contribution < -0.4 is 5.73 Å². The molecule has 96 valence electrons. The van der Waals surface area contributed by atoms with Gasteiger partial charge in [0.05, 0.1) is 0 Å². The minimum atomic E-state index is 0.562. The van der Waals surface area contributed by atoms with E-state index in [4.69, 9.17) is 5.73 Å². The van der Waals surface area contributed by atoms with Gasteiger partial charge in [-0.25, -0.2) is 9.97 Å². The Morgan fingerprint density at radius 3 is 2.89 bits per heavy atom. The Balaban J connectivity index is 1.85. The number of aromatic nitrogens is 3. The molecule has 5 nitrogen and oxygen atoms in total. The fourth-order valence-electron chi connectivity index (χ4n) is 2.29. The van der Waals surface area contributed by atoms with E-state index >= 15 is 0 Å². The number of imidazole rings is 1. The van der Waals surface area contributed by atoms with E-state index in [2.05, 4.69) is 21.9 Å². The third-order valence-corrected chi connectivity index (χ3v) is 3.61. The molecule has 0 atom stereocenters. The highest BCUT2D eigenvalue weighted by atomic mass is 15.2. The highest BCUT2D eigenvalue weighted by molar-refractivity contribution is 5.74. The highest BCUT2D eigenvalue weighted by Crippen LogP contribution is 2.25. The van der Waals surface area contributed by atoms with Crippen LogP contribution in [0, 0.1) is 6.92 Å². The highest BCUT2D eigenvalue weighted by Gasteiger charge is 2.25. The van der Waals surface area contributed by atoms with Crippen molar-refractivity contribution < 1.29 is 0 Å². The molecule has 0 unspecified atom stereocenters. The average Bonchev–Trinajstić information content (AvgIpc) is 3.12. The maximum Gasteiger partial charge on any atom is 0.202 e. The van der Waals surface area contributed by atoms with Gasteiger partial charge >= 0.3 is 0 Å². The predicted molar refractivity (Wildman–Crippen MR) is 72.3 cm³/mol. The molecule has 0 aromatic carbocycles. The van der Waals surface area contributed by atoms with E-state index < -0.39 is 0 Å². The second-order valence-corrected chi connectivity index (χ2v) is 5.13. The summed E-state index contributed by atoms with van der Waals surface area (Å²) in [5.41, 5.74) is 8.76. The lowest BCUT2D eigenvalue weighted by Gasteiger charge is -2.16. The number of aryl methyl sites for hydroxylation is 1. The fraction of sp³-hybridized carbons (Fsp3) is 0.538. The molecular formula is C13H19N5. The van der Waals surface area contributed by atoms with Gasteiger partial charge in [-0.05, 0) is 38.9 Å². The number of anilines is 1. The molecule has 2 aromatic rings. The number of rotatable bonds is 4. The minimum Gasteiger partial charge on any atom is -0.369 e. The van der Waals surface area contributed by atoms with Gasteiger partial charge in [-0.1, -0.05) is 0 Å². The summed E-state index contributed by atoms with van der Waals surface area (Å²) in [7, 11) is 2.17. The van der Waals surface area contributed by atoms with Crippen LogP contribution in [0.25, 0.3) is 11.2 Å². The van der Waals surface area contributed by atoms with Crippen molar-refractivity contribution in [1.82, 2.24) is 19.4 Å². The zero-order chi connectivity index (χ0) is 12.7. The van der Waals surface area contributed by atoms with E-state index in [1.807, 2.05) is 23.6 Å². The lowest BCUT2D eigenvalue weighted by atomic mass is 10.3. The molecule has 1 fully saturated rings. The van der Waals surface area contributed by atoms with Gasteiger partial charge < -0.3 is 10.6 Å². The van der Waals surface area contributed by atoms with Crippen molar-refractivity contribution in [1.29, 1.82) is 0 Å². The van der Waals surface area contributed by atoms with E-state index in [9.17, 15) is 0 Å². The van der Waals surface area contributed by atoms with Crippen molar-refractivity contribution in [3.63, 3.8) is 0 Å². The van der Waals surface area contributed by atoms with Crippen molar-refractivity contribution in [2.24, 2.45) is 0 Å². The molecule has 1 aliphatic carbocycles. The van der Waals surface area contributed by atoms with Crippen molar-refractivity contribution in [2.75, 3.05) is 19.3 Å². The van der Waals surface area contributed by atoms with E-state index in [1.54, 1.807) is 0 Å². The van der Waals surface area contributed by atoms with Crippen LogP contribution in [-0.4, -0.2) is 39.1 Å². The van der Waals surface area contributed by atoms with Crippen LogP contribution >= 0.6 is 0 Å². The molecule has 3 rings (SSSR count). The van der Waals surface area contributed by atoms with Gasteiger partial charge in [0.2, 0.25) is 5.95 Å². The number of hydrogen-bond acceptors (Lipinski definition) is 4. The van der Waals surface area contributed by atoms with Crippen LogP contribution in [-0.2, 0) is 6.54 Å². The van der Waals surface area contributed by atoms with Crippen LogP contribution in [0.3, 0.4) is 0 Å². The van der Waals surface area contributed by atoms with Crippen molar-refractivity contribution in [2.45, 2.75) is 32.4 Å². The van der Waals surface area contributed by atoms with Gasteiger partial charge in [0.25, 0.3) is 0 Å². The van der Waals surface area contributed by atoms with Crippen molar-refractivity contribution in [3.8, 4) is 0 Å². The van der Waals surface area contributed by atoms with E-state index in [1.165, 1.54) is 12.8 Å². The molecule has 1 saturated carbocycles. The summed E-state index contributed by atoms with van der Waals surface area (Å²) in [5.74, 6) is 0.562. The van der Waals surface area contributed by atoms with Crippen LogP contribution in [0.1, 0.15) is 18.5 Å². The SMILES string of the molecule is Cc1ccc2nc(N)n(CCN(C)C3CC3)c2n1. The monoisotopic (exact) mass is 245 g/mol. The lowest BCUT2D eigenvalue weighted by molar-refractivity contribution is 0.311. The first-order chi connectivity index (χ1) is 8.65. The molecule has 5 heteroatoms. The Labute approximate surface area is 107 Å². The summed E-state index contributed by atoms with van der Waals surface area (Å²) >= 11 is 0. The number of nitrogens with two attached hydrogens (primary N) is 1. The number of nitrogen functional groups attached to an aromatic ring is 1. The molecular weight excluding hydrogens is 226 g/mol. The second kappa shape index (κ2) is 4.24. The Bertz CT molecular complexity index is 570. The quantitative estimate of drug-likeness (QED) is 0.885. The molecule has 2 N–H and O–H groups in total. The van der Waals surface area contributed by atoms with Gasteiger partial charge in [0.15, 0.2) is 5.65 Å². The van der Waals surface area contributed by atoms with Gasteiger partial charge in [-0.2, -0.15) is 0 Å². The van der Waals surface area contributed by atoms with Crippen molar-refractivity contribution >= 4 is 17.1 Å². The first kappa shape index (κ1) is 11.5. The number of fused-ring (bicyclic) bond motifs is 1. The molecule has 2 aromatic heterocycles. The van der Waals surface area contributed by atoms with E-state index in [-0.39, 0.29) is 0 Å². The van der Waals surface area contributed by atoms with Crippen molar-refractivity contribution in [3.05, 3.63) is 17.8 Å². The largest absolute Gasteiger partial charge is 0.369 e. The summed E-state index contributed by atoms with van der Waals surface area (Å²) < 4.78 is 2.02. The maximum absolute atomic E-state index is 5.97. The Hall–Kier alpha value is -1.62. The van der Waals surface area contributed by atoms with Gasteiger partial charge in [-0.3, -0.25) is 4.57 Å². The molecule has 2 heterocycles. The molecule has 0 spiro atoms. The third-order valence-electron chi connectivity index (χ3n) is 3.61. The molecule has 0 radical (unpaired) electrons.